The lowest BCUT2D eigenvalue weighted by Gasteiger charge is -2.23. The second kappa shape index (κ2) is 7.64. The zero-order chi connectivity index (χ0) is 17.7. The van der Waals surface area contributed by atoms with E-state index in [4.69, 9.17) is 4.74 Å². The van der Waals surface area contributed by atoms with E-state index in [1.807, 2.05) is 32.0 Å². The third kappa shape index (κ3) is 4.35. The molecule has 0 spiro atoms. The molecule has 0 saturated carbocycles. The highest BCUT2D eigenvalue weighted by molar-refractivity contribution is 6.02. The van der Waals surface area contributed by atoms with Gasteiger partial charge in [0.15, 0.2) is 0 Å². The van der Waals surface area contributed by atoms with Crippen LogP contribution in [-0.2, 0) is 9.59 Å². The van der Waals surface area contributed by atoms with Gasteiger partial charge in [-0.15, -0.1) is 0 Å². The molecular formula is C19H22N2O3. The fourth-order valence-corrected chi connectivity index (χ4v) is 2.49. The summed E-state index contributed by atoms with van der Waals surface area (Å²) in [6.07, 6.45) is 0. The van der Waals surface area contributed by atoms with Crippen LogP contribution in [0.15, 0.2) is 42.5 Å². The largest absolute Gasteiger partial charge is 0.497 e. The van der Waals surface area contributed by atoms with Crippen LogP contribution in [0.25, 0.3) is 0 Å². The Bertz CT molecular complexity index is 739. The first-order valence-corrected chi connectivity index (χ1v) is 7.70. The lowest BCUT2D eigenvalue weighted by molar-refractivity contribution is -0.120. The summed E-state index contributed by atoms with van der Waals surface area (Å²) in [6, 6.07) is 12.8. The van der Waals surface area contributed by atoms with Crippen molar-refractivity contribution >= 4 is 23.2 Å². The zero-order valence-electron chi connectivity index (χ0n) is 14.4. The van der Waals surface area contributed by atoms with Crippen molar-refractivity contribution in [1.82, 2.24) is 0 Å². The fourth-order valence-electron chi connectivity index (χ4n) is 2.49. The van der Waals surface area contributed by atoms with Gasteiger partial charge in [-0.2, -0.15) is 0 Å². The van der Waals surface area contributed by atoms with E-state index < -0.39 is 0 Å². The van der Waals surface area contributed by atoms with Gasteiger partial charge in [-0.05, 0) is 49.7 Å². The van der Waals surface area contributed by atoms with Crippen molar-refractivity contribution in [2.24, 2.45) is 0 Å². The van der Waals surface area contributed by atoms with Gasteiger partial charge >= 0.3 is 0 Å². The summed E-state index contributed by atoms with van der Waals surface area (Å²) < 4.78 is 5.09. The number of ether oxygens (including phenoxy) is 1. The molecule has 2 aromatic rings. The van der Waals surface area contributed by atoms with Crippen LogP contribution in [0.1, 0.15) is 18.1 Å². The van der Waals surface area contributed by atoms with Crippen molar-refractivity contribution in [3.8, 4) is 5.75 Å². The topological polar surface area (TPSA) is 58.6 Å². The minimum atomic E-state index is -0.254. The number of hydrogen-bond donors (Lipinski definition) is 1. The Morgan fingerprint density at radius 3 is 2.29 bits per heavy atom. The maximum Gasteiger partial charge on any atom is 0.244 e. The molecule has 0 atom stereocenters. The molecule has 0 fully saturated rings. The van der Waals surface area contributed by atoms with Gasteiger partial charge in [0.1, 0.15) is 12.3 Å². The lowest BCUT2D eigenvalue weighted by Crippen LogP contribution is -2.37. The molecule has 126 valence electrons. The van der Waals surface area contributed by atoms with E-state index in [0.717, 1.165) is 16.8 Å². The maximum absolute atomic E-state index is 12.3. The fraction of sp³-hybridized carbons (Fsp3) is 0.263. The average Bonchev–Trinajstić information content (AvgIpc) is 2.54. The van der Waals surface area contributed by atoms with Crippen LogP contribution in [0, 0.1) is 13.8 Å². The molecule has 0 saturated heterocycles. The van der Waals surface area contributed by atoms with Gasteiger partial charge in [0.2, 0.25) is 11.8 Å². The summed E-state index contributed by atoms with van der Waals surface area (Å²) in [6.45, 7) is 5.34. The standard InChI is InChI=1S/C19H22N2O3/c1-13-5-10-18(14(2)11-13)21(15(3)22)12-19(23)20-16-6-8-17(24-4)9-7-16/h5-11H,12H2,1-4H3,(H,20,23). The number of anilines is 2. The van der Waals surface area contributed by atoms with Crippen molar-refractivity contribution in [3.63, 3.8) is 0 Å². The number of amides is 2. The van der Waals surface area contributed by atoms with E-state index in [9.17, 15) is 9.59 Å². The molecule has 2 aromatic carbocycles. The number of carbonyl (C=O) groups excluding carboxylic acids is 2. The highest BCUT2D eigenvalue weighted by atomic mass is 16.5. The third-order valence-corrected chi connectivity index (χ3v) is 3.70. The molecule has 2 amide bonds. The molecule has 5 heteroatoms. The predicted octanol–water partition coefficient (Wildman–Crippen LogP) is 3.30. The molecule has 0 aliphatic rings. The molecule has 0 aromatic heterocycles. The Kier molecular flexibility index (Phi) is 5.58. The normalized spacial score (nSPS) is 10.2. The number of carbonyl (C=O) groups is 2. The van der Waals surface area contributed by atoms with Crippen LogP contribution in [0.4, 0.5) is 11.4 Å². The van der Waals surface area contributed by atoms with Gasteiger partial charge in [0, 0.05) is 18.3 Å². The summed E-state index contributed by atoms with van der Waals surface area (Å²) in [4.78, 5) is 25.8. The van der Waals surface area contributed by atoms with Crippen LogP contribution < -0.4 is 15.0 Å². The van der Waals surface area contributed by atoms with E-state index in [0.29, 0.717) is 11.4 Å². The Hall–Kier alpha value is -2.82. The van der Waals surface area contributed by atoms with Crippen LogP contribution in [-0.4, -0.2) is 25.5 Å². The second-order valence-corrected chi connectivity index (χ2v) is 5.67. The first-order chi connectivity index (χ1) is 11.4. The summed E-state index contributed by atoms with van der Waals surface area (Å²) >= 11 is 0. The summed E-state index contributed by atoms with van der Waals surface area (Å²) in [5.74, 6) is 0.288. The van der Waals surface area contributed by atoms with Gasteiger partial charge in [-0.1, -0.05) is 17.7 Å². The molecule has 24 heavy (non-hydrogen) atoms. The van der Waals surface area contributed by atoms with Crippen molar-refractivity contribution in [3.05, 3.63) is 53.6 Å². The molecule has 0 heterocycles. The van der Waals surface area contributed by atoms with Gasteiger partial charge in [0.05, 0.1) is 7.11 Å². The molecule has 0 bridgehead atoms. The number of methoxy groups -OCH3 is 1. The SMILES string of the molecule is COc1ccc(NC(=O)CN(C(C)=O)c2ccc(C)cc2C)cc1. The minimum absolute atomic E-state index is 0.0364. The predicted molar refractivity (Wildman–Crippen MR) is 95.6 cm³/mol. The highest BCUT2D eigenvalue weighted by Gasteiger charge is 2.17. The van der Waals surface area contributed by atoms with E-state index in [-0.39, 0.29) is 18.4 Å². The van der Waals surface area contributed by atoms with Gasteiger partial charge in [-0.25, -0.2) is 0 Å². The molecule has 5 nitrogen and oxygen atoms in total. The van der Waals surface area contributed by atoms with Crippen LogP contribution in [0.2, 0.25) is 0 Å². The molecule has 1 N–H and O–H groups in total. The van der Waals surface area contributed by atoms with Crippen LogP contribution >= 0.6 is 0 Å². The molecule has 0 aliphatic heterocycles. The molecular weight excluding hydrogens is 304 g/mol. The monoisotopic (exact) mass is 326 g/mol. The van der Waals surface area contributed by atoms with E-state index in [2.05, 4.69) is 5.32 Å². The second-order valence-electron chi connectivity index (χ2n) is 5.67. The number of hydrogen-bond acceptors (Lipinski definition) is 3. The molecule has 0 radical (unpaired) electrons. The third-order valence-electron chi connectivity index (χ3n) is 3.70. The molecule has 0 aliphatic carbocycles. The molecule has 2 rings (SSSR count). The summed E-state index contributed by atoms with van der Waals surface area (Å²) in [5.41, 5.74) is 3.48. The van der Waals surface area contributed by atoms with E-state index in [1.54, 1.807) is 31.4 Å². The van der Waals surface area contributed by atoms with Crippen molar-refractivity contribution in [2.45, 2.75) is 20.8 Å². The van der Waals surface area contributed by atoms with Crippen molar-refractivity contribution in [2.75, 3.05) is 23.9 Å². The Morgan fingerprint density at radius 2 is 1.75 bits per heavy atom. The number of nitrogens with one attached hydrogen (secondary N) is 1. The first-order valence-electron chi connectivity index (χ1n) is 7.70. The lowest BCUT2D eigenvalue weighted by atomic mass is 10.1. The quantitative estimate of drug-likeness (QED) is 0.917. The minimum Gasteiger partial charge on any atom is -0.497 e. The highest BCUT2D eigenvalue weighted by Crippen LogP contribution is 2.21. The smallest absolute Gasteiger partial charge is 0.244 e. The van der Waals surface area contributed by atoms with Gasteiger partial charge in [-0.3, -0.25) is 9.59 Å². The van der Waals surface area contributed by atoms with Gasteiger partial charge in [0.25, 0.3) is 0 Å². The van der Waals surface area contributed by atoms with Gasteiger partial charge < -0.3 is 15.0 Å². The van der Waals surface area contributed by atoms with Crippen LogP contribution in [0.5, 0.6) is 5.75 Å². The molecule has 0 unspecified atom stereocenters. The first kappa shape index (κ1) is 17.5. The zero-order valence-corrected chi connectivity index (χ0v) is 14.4. The van der Waals surface area contributed by atoms with E-state index in [1.165, 1.54) is 11.8 Å². The Morgan fingerprint density at radius 1 is 1.08 bits per heavy atom. The Labute approximate surface area is 142 Å². The average molecular weight is 326 g/mol. The van der Waals surface area contributed by atoms with E-state index >= 15 is 0 Å². The maximum atomic E-state index is 12.3. The number of rotatable bonds is 5. The number of aryl methyl sites for hydroxylation is 2. The summed E-state index contributed by atoms with van der Waals surface area (Å²) in [7, 11) is 1.59. The van der Waals surface area contributed by atoms with Crippen molar-refractivity contribution in [1.29, 1.82) is 0 Å². The number of nitrogens with zero attached hydrogens (tertiary/aromatic N) is 1. The summed E-state index contributed by atoms with van der Waals surface area (Å²) in [5, 5.41) is 2.79. The number of benzene rings is 2. The van der Waals surface area contributed by atoms with Crippen molar-refractivity contribution < 1.29 is 14.3 Å². The Balaban J connectivity index is 2.12. The van der Waals surface area contributed by atoms with Crippen LogP contribution in [0.3, 0.4) is 0 Å².